The molecule has 1 atom stereocenters. The Kier molecular flexibility index (Phi) is 9.07. The number of hydrogen-bond donors (Lipinski definition) is 1. The zero-order valence-corrected chi connectivity index (χ0v) is 22.6. The van der Waals surface area contributed by atoms with Crippen molar-refractivity contribution in [2.45, 2.75) is 57.2 Å². The summed E-state index contributed by atoms with van der Waals surface area (Å²) in [6.07, 6.45) is 5.48. The molecule has 0 bridgehead atoms. The second kappa shape index (κ2) is 13.2. The van der Waals surface area contributed by atoms with Gasteiger partial charge in [-0.05, 0) is 35.9 Å². The van der Waals surface area contributed by atoms with Crippen molar-refractivity contribution in [3.8, 4) is 5.75 Å². The normalized spacial score (nSPS) is 14.4. The van der Waals surface area contributed by atoms with Crippen LogP contribution in [0.3, 0.4) is 0 Å². The van der Waals surface area contributed by atoms with Gasteiger partial charge in [-0.1, -0.05) is 104 Å². The van der Waals surface area contributed by atoms with Gasteiger partial charge in [-0.2, -0.15) is 0 Å². The summed E-state index contributed by atoms with van der Waals surface area (Å²) in [6.45, 7) is -0.315. The van der Waals surface area contributed by atoms with Gasteiger partial charge < -0.3 is 15.0 Å². The van der Waals surface area contributed by atoms with Crippen LogP contribution in [0.1, 0.15) is 43.2 Å². The fourth-order valence-electron chi connectivity index (χ4n) is 5.45. The first-order valence-electron chi connectivity index (χ1n) is 14.1. The van der Waals surface area contributed by atoms with E-state index in [1.54, 1.807) is 18.2 Å². The van der Waals surface area contributed by atoms with Gasteiger partial charge in [-0.15, -0.1) is 0 Å². The van der Waals surface area contributed by atoms with Crippen LogP contribution < -0.4 is 10.1 Å². The Labute approximate surface area is 235 Å². The van der Waals surface area contributed by atoms with Crippen LogP contribution in [0.5, 0.6) is 5.75 Å². The van der Waals surface area contributed by atoms with Gasteiger partial charge in [0.15, 0.2) is 6.61 Å². The largest absolute Gasteiger partial charge is 0.483 e. The van der Waals surface area contributed by atoms with Crippen LogP contribution in [0.15, 0.2) is 97.1 Å². The number of ether oxygens (including phenoxy) is 1. The van der Waals surface area contributed by atoms with Crippen LogP contribution in [-0.2, 0) is 22.6 Å². The molecule has 4 aromatic rings. The summed E-state index contributed by atoms with van der Waals surface area (Å²) < 4.78 is 20.9. The molecule has 5 rings (SSSR count). The number of nitrogens with one attached hydrogen (secondary N) is 1. The van der Waals surface area contributed by atoms with E-state index < -0.39 is 11.9 Å². The molecule has 1 N–H and O–H groups in total. The van der Waals surface area contributed by atoms with Crippen LogP contribution in [0.25, 0.3) is 10.8 Å². The predicted molar refractivity (Wildman–Crippen MR) is 155 cm³/mol. The lowest BCUT2D eigenvalue weighted by Crippen LogP contribution is -2.53. The van der Waals surface area contributed by atoms with Crippen LogP contribution in [-0.4, -0.2) is 35.4 Å². The summed E-state index contributed by atoms with van der Waals surface area (Å²) >= 11 is 0. The van der Waals surface area contributed by atoms with Gasteiger partial charge in [0.1, 0.15) is 17.6 Å². The molecule has 0 heterocycles. The maximum absolute atomic E-state index is 14.8. The third kappa shape index (κ3) is 6.87. The quantitative estimate of drug-likeness (QED) is 0.253. The summed E-state index contributed by atoms with van der Waals surface area (Å²) in [5.41, 5.74) is 1.28. The molecule has 206 valence electrons. The SMILES string of the molecule is O=C(NC1CCCCC1)[C@@H](Cc1ccccc1)N(Cc1ccccc1F)C(=O)COc1cccc2ccccc12. The van der Waals surface area contributed by atoms with E-state index in [1.807, 2.05) is 72.8 Å². The Morgan fingerprint density at radius 3 is 2.35 bits per heavy atom. The smallest absolute Gasteiger partial charge is 0.261 e. The molecular formula is C34H35FN2O3. The number of amides is 2. The molecule has 40 heavy (non-hydrogen) atoms. The average molecular weight is 539 g/mol. The molecular weight excluding hydrogens is 503 g/mol. The fourth-order valence-corrected chi connectivity index (χ4v) is 5.45. The van der Waals surface area contributed by atoms with E-state index in [4.69, 9.17) is 4.74 Å². The molecule has 1 fully saturated rings. The monoisotopic (exact) mass is 538 g/mol. The van der Waals surface area contributed by atoms with Crippen molar-refractivity contribution in [3.63, 3.8) is 0 Å². The molecule has 0 aliphatic heterocycles. The summed E-state index contributed by atoms with van der Waals surface area (Å²) in [6, 6.07) is 28.8. The second-order valence-electron chi connectivity index (χ2n) is 10.4. The van der Waals surface area contributed by atoms with Crippen LogP contribution >= 0.6 is 0 Å². The van der Waals surface area contributed by atoms with E-state index >= 15 is 0 Å². The molecule has 2 amide bonds. The highest BCUT2D eigenvalue weighted by atomic mass is 19.1. The summed E-state index contributed by atoms with van der Waals surface area (Å²) in [7, 11) is 0. The molecule has 4 aromatic carbocycles. The zero-order valence-electron chi connectivity index (χ0n) is 22.6. The first-order valence-corrected chi connectivity index (χ1v) is 14.1. The van der Waals surface area contributed by atoms with Crippen molar-refractivity contribution in [2.75, 3.05) is 6.61 Å². The van der Waals surface area contributed by atoms with Gasteiger partial charge in [0.05, 0.1) is 0 Å². The molecule has 5 nitrogen and oxygen atoms in total. The van der Waals surface area contributed by atoms with Gasteiger partial charge in [0.25, 0.3) is 5.91 Å². The van der Waals surface area contributed by atoms with Gasteiger partial charge >= 0.3 is 0 Å². The maximum Gasteiger partial charge on any atom is 0.261 e. The summed E-state index contributed by atoms with van der Waals surface area (Å²) in [4.78, 5) is 29.2. The highest BCUT2D eigenvalue weighted by molar-refractivity contribution is 5.90. The van der Waals surface area contributed by atoms with Crippen molar-refractivity contribution in [1.29, 1.82) is 0 Å². The second-order valence-corrected chi connectivity index (χ2v) is 10.4. The lowest BCUT2D eigenvalue weighted by Gasteiger charge is -2.33. The van der Waals surface area contributed by atoms with Crippen molar-refractivity contribution in [2.24, 2.45) is 0 Å². The maximum atomic E-state index is 14.8. The molecule has 6 heteroatoms. The Morgan fingerprint density at radius 2 is 1.55 bits per heavy atom. The first kappa shape index (κ1) is 27.4. The number of fused-ring (bicyclic) bond motifs is 1. The third-order valence-electron chi connectivity index (χ3n) is 7.62. The first-order chi connectivity index (χ1) is 19.6. The topological polar surface area (TPSA) is 58.6 Å². The fraction of sp³-hybridized carbons (Fsp3) is 0.294. The summed E-state index contributed by atoms with van der Waals surface area (Å²) in [5.74, 6) is -0.425. The highest BCUT2D eigenvalue weighted by Gasteiger charge is 2.32. The Hall–Kier alpha value is -4.19. The van der Waals surface area contributed by atoms with Crippen LogP contribution in [0.2, 0.25) is 0 Å². The van der Waals surface area contributed by atoms with Crippen molar-refractivity contribution in [3.05, 3.63) is 114 Å². The number of carbonyl (C=O) groups is 2. The molecule has 0 radical (unpaired) electrons. The Bertz CT molecular complexity index is 1430. The van der Waals surface area contributed by atoms with Gasteiger partial charge in [0.2, 0.25) is 5.91 Å². The molecule has 1 aliphatic rings. The molecule has 1 saturated carbocycles. The molecule has 0 unspecified atom stereocenters. The standard InChI is InChI=1S/C34H35FN2O3/c35-30-20-10-8-15-27(30)23-37(33(38)24-40-32-21-11-16-26-14-7-9-19-29(26)32)31(22-25-12-3-1-4-13-25)34(39)36-28-17-5-2-6-18-28/h1,3-4,7-16,19-21,28,31H,2,5-6,17-18,22-24H2,(H,36,39)/t31-/m1/s1. The molecule has 0 saturated heterocycles. The lowest BCUT2D eigenvalue weighted by molar-refractivity contribution is -0.143. The molecule has 0 aromatic heterocycles. The third-order valence-corrected chi connectivity index (χ3v) is 7.62. The van der Waals surface area contributed by atoms with E-state index in [2.05, 4.69) is 5.32 Å². The van der Waals surface area contributed by atoms with Gasteiger partial charge in [-0.3, -0.25) is 9.59 Å². The van der Waals surface area contributed by atoms with E-state index in [0.29, 0.717) is 17.7 Å². The lowest BCUT2D eigenvalue weighted by atomic mass is 9.94. The number of carbonyl (C=O) groups excluding carboxylic acids is 2. The minimum atomic E-state index is -0.826. The average Bonchev–Trinajstić information content (AvgIpc) is 2.99. The van der Waals surface area contributed by atoms with Crippen LogP contribution in [0, 0.1) is 5.82 Å². The highest BCUT2D eigenvalue weighted by Crippen LogP contribution is 2.26. The van der Waals surface area contributed by atoms with Gasteiger partial charge in [-0.25, -0.2) is 4.39 Å². The number of benzene rings is 4. The van der Waals surface area contributed by atoms with E-state index in [1.165, 1.54) is 17.4 Å². The van der Waals surface area contributed by atoms with Crippen molar-refractivity contribution in [1.82, 2.24) is 10.2 Å². The predicted octanol–water partition coefficient (Wildman–Crippen LogP) is 6.45. The van der Waals surface area contributed by atoms with Crippen LogP contribution in [0.4, 0.5) is 4.39 Å². The van der Waals surface area contributed by atoms with Gasteiger partial charge in [0, 0.05) is 30.0 Å². The molecule has 0 spiro atoms. The van der Waals surface area contributed by atoms with Crippen molar-refractivity contribution < 1.29 is 18.7 Å². The van der Waals surface area contributed by atoms with E-state index in [-0.39, 0.29) is 31.0 Å². The number of nitrogens with zero attached hydrogens (tertiary/aromatic N) is 1. The number of rotatable bonds is 10. The summed E-state index contributed by atoms with van der Waals surface area (Å²) in [5, 5.41) is 5.11. The van der Waals surface area contributed by atoms with E-state index in [0.717, 1.165) is 42.0 Å². The Morgan fingerprint density at radius 1 is 0.850 bits per heavy atom. The Balaban J connectivity index is 1.44. The van der Waals surface area contributed by atoms with Crippen molar-refractivity contribution >= 4 is 22.6 Å². The minimum absolute atomic E-state index is 0.0417. The van der Waals surface area contributed by atoms with E-state index in [9.17, 15) is 14.0 Å². The number of hydrogen-bond acceptors (Lipinski definition) is 3. The zero-order chi connectivity index (χ0) is 27.7. The minimum Gasteiger partial charge on any atom is -0.483 e. The molecule has 1 aliphatic carbocycles. The number of halogens is 1.